The molecule has 0 aromatic carbocycles. The van der Waals surface area contributed by atoms with Crippen LogP contribution >= 0.6 is 11.6 Å². The van der Waals surface area contributed by atoms with Gasteiger partial charge in [0.25, 0.3) is 0 Å². The summed E-state index contributed by atoms with van der Waals surface area (Å²) in [5, 5.41) is 0.0995. The molecule has 0 amide bonds. The van der Waals surface area contributed by atoms with Crippen LogP contribution in [0.5, 0.6) is 6.01 Å². The van der Waals surface area contributed by atoms with Gasteiger partial charge in [0, 0.05) is 12.4 Å². The van der Waals surface area contributed by atoms with Gasteiger partial charge in [-0.05, 0) is 17.5 Å². The Labute approximate surface area is 104 Å². The van der Waals surface area contributed by atoms with E-state index in [1.54, 1.807) is 23.3 Å². The van der Waals surface area contributed by atoms with Crippen LogP contribution in [-0.2, 0) is 0 Å². The van der Waals surface area contributed by atoms with Crippen molar-refractivity contribution >= 4 is 11.6 Å². The Morgan fingerprint density at radius 1 is 1.35 bits per heavy atom. The minimum Gasteiger partial charge on any atom is -0.463 e. The summed E-state index contributed by atoms with van der Waals surface area (Å²) in [5.41, 5.74) is 0. The number of halogens is 1. The number of imidazole rings is 1. The zero-order valence-electron chi connectivity index (χ0n) is 9.54. The maximum absolute atomic E-state index is 5.81. The molecule has 0 spiro atoms. The lowest BCUT2D eigenvalue weighted by atomic mass is 10.2. The van der Waals surface area contributed by atoms with Crippen LogP contribution in [0.25, 0.3) is 5.95 Å². The zero-order chi connectivity index (χ0) is 12.3. The van der Waals surface area contributed by atoms with Gasteiger partial charge in [0.05, 0.1) is 6.61 Å². The molecular formula is C10H12ClN5O. The van der Waals surface area contributed by atoms with Crippen molar-refractivity contribution in [3.8, 4) is 12.0 Å². The molecule has 90 valence electrons. The second kappa shape index (κ2) is 5.09. The number of nitrogens with zero attached hydrogens (tertiary/aromatic N) is 5. The molecule has 2 aromatic heterocycles. The van der Waals surface area contributed by atoms with Crippen LogP contribution in [-0.4, -0.2) is 31.1 Å². The number of aromatic nitrogens is 5. The molecule has 0 aliphatic heterocycles. The molecule has 0 aliphatic carbocycles. The summed E-state index contributed by atoms with van der Waals surface area (Å²) in [6.07, 6.45) is 4.93. The molecule has 2 heterocycles. The van der Waals surface area contributed by atoms with Gasteiger partial charge in [-0.1, -0.05) is 13.8 Å². The molecule has 0 radical (unpaired) electrons. The normalized spacial score (nSPS) is 10.8. The van der Waals surface area contributed by atoms with Crippen molar-refractivity contribution in [2.75, 3.05) is 6.61 Å². The van der Waals surface area contributed by atoms with E-state index < -0.39 is 0 Å². The lowest BCUT2D eigenvalue weighted by Crippen LogP contribution is -2.09. The number of hydrogen-bond donors (Lipinski definition) is 0. The van der Waals surface area contributed by atoms with E-state index in [1.165, 1.54) is 0 Å². The molecule has 6 nitrogen and oxygen atoms in total. The van der Waals surface area contributed by atoms with Gasteiger partial charge in [0.15, 0.2) is 0 Å². The van der Waals surface area contributed by atoms with Crippen molar-refractivity contribution < 1.29 is 4.74 Å². The third kappa shape index (κ3) is 3.13. The second-order valence-electron chi connectivity index (χ2n) is 3.86. The van der Waals surface area contributed by atoms with Crippen LogP contribution in [0.1, 0.15) is 13.8 Å². The van der Waals surface area contributed by atoms with E-state index in [0.717, 1.165) is 0 Å². The zero-order valence-corrected chi connectivity index (χ0v) is 10.3. The Kier molecular flexibility index (Phi) is 3.53. The third-order valence-electron chi connectivity index (χ3n) is 1.86. The lowest BCUT2D eigenvalue weighted by Gasteiger charge is -2.07. The molecule has 0 fully saturated rings. The fourth-order valence-electron chi connectivity index (χ4n) is 1.12. The molecule has 0 aliphatic rings. The monoisotopic (exact) mass is 253 g/mol. The lowest BCUT2D eigenvalue weighted by molar-refractivity contribution is 0.250. The standard InChI is InChI=1S/C10H12ClN5O/c1-7(2)5-17-10-14-8(11)13-9(15-10)16-4-3-12-6-16/h3-4,6-7H,5H2,1-2H3. The van der Waals surface area contributed by atoms with Crippen LogP contribution in [0, 0.1) is 5.92 Å². The van der Waals surface area contributed by atoms with E-state index in [4.69, 9.17) is 16.3 Å². The molecule has 0 saturated heterocycles. The first kappa shape index (κ1) is 11.8. The number of rotatable bonds is 4. The summed E-state index contributed by atoms with van der Waals surface area (Å²) in [7, 11) is 0. The van der Waals surface area contributed by atoms with E-state index in [0.29, 0.717) is 18.5 Å². The van der Waals surface area contributed by atoms with Crippen LogP contribution < -0.4 is 4.74 Å². The van der Waals surface area contributed by atoms with Gasteiger partial charge >= 0.3 is 6.01 Å². The average molecular weight is 254 g/mol. The highest BCUT2D eigenvalue weighted by atomic mass is 35.5. The van der Waals surface area contributed by atoms with Crippen LogP contribution in [0.3, 0.4) is 0 Å². The van der Waals surface area contributed by atoms with E-state index in [2.05, 4.69) is 19.9 Å². The minimum atomic E-state index is 0.0995. The summed E-state index contributed by atoms with van der Waals surface area (Å²) in [6, 6.07) is 0.224. The predicted molar refractivity (Wildman–Crippen MR) is 62.3 cm³/mol. The summed E-state index contributed by atoms with van der Waals surface area (Å²) in [6.45, 7) is 4.61. The summed E-state index contributed by atoms with van der Waals surface area (Å²) in [5.74, 6) is 0.781. The molecule has 0 N–H and O–H groups in total. The first-order chi connectivity index (χ1) is 8.15. The first-order valence-corrected chi connectivity index (χ1v) is 5.55. The van der Waals surface area contributed by atoms with Crippen LogP contribution in [0.15, 0.2) is 18.7 Å². The fraction of sp³-hybridized carbons (Fsp3) is 0.400. The van der Waals surface area contributed by atoms with Gasteiger partial charge in [-0.2, -0.15) is 15.0 Å². The van der Waals surface area contributed by atoms with E-state index in [-0.39, 0.29) is 11.3 Å². The van der Waals surface area contributed by atoms with Crippen molar-refractivity contribution in [1.82, 2.24) is 24.5 Å². The first-order valence-electron chi connectivity index (χ1n) is 5.18. The van der Waals surface area contributed by atoms with Gasteiger partial charge in [-0.3, -0.25) is 4.57 Å². The smallest absolute Gasteiger partial charge is 0.322 e. The Balaban J connectivity index is 2.24. The van der Waals surface area contributed by atoms with Gasteiger partial charge in [0.1, 0.15) is 6.33 Å². The predicted octanol–water partition coefficient (Wildman–Crippen LogP) is 1.75. The second-order valence-corrected chi connectivity index (χ2v) is 4.20. The van der Waals surface area contributed by atoms with Crippen LogP contribution in [0.4, 0.5) is 0 Å². The van der Waals surface area contributed by atoms with E-state index in [1.807, 2.05) is 13.8 Å². The SMILES string of the molecule is CC(C)COc1nc(Cl)nc(-n2ccnc2)n1. The topological polar surface area (TPSA) is 65.7 Å². The summed E-state index contributed by atoms with van der Waals surface area (Å²) >= 11 is 5.81. The molecule has 2 rings (SSSR count). The van der Waals surface area contributed by atoms with Crippen LogP contribution in [0.2, 0.25) is 5.28 Å². The van der Waals surface area contributed by atoms with Crippen molar-refractivity contribution in [2.45, 2.75) is 13.8 Å². The Morgan fingerprint density at radius 3 is 2.82 bits per heavy atom. The Bertz CT molecular complexity index is 485. The highest BCUT2D eigenvalue weighted by Gasteiger charge is 2.08. The third-order valence-corrected chi connectivity index (χ3v) is 2.03. The molecule has 2 aromatic rings. The number of ether oxygens (including phenoxy) is 1. The molecule has 0 bridgehead atoms. The fourth-order valence-corrected chi connectivity index (χ4v) is 1.27. The average Bonchev–Trinajstić information content (AvgIpc) is 2.79. The minimum absolute atomic E-state index is 0.0995. The maximum Gasteiger partial charge on any atom is 0.322 e. The van der Waals surface area contributed by atoms with Crippen molar-refractivity contribution in [3.05, 3.63) is 24.0 Å². The van der Waals surface area contributed by atoms with Crippen molar-refractivity contribution in [3.63, 3.8) is 0 Å². The van der Waals surface area contributed by atoms with E-state index >= 15 is 0 Å². The maximum atomic E-state index is 5.81. The highest BCUT2D eigenvalue weighted by Crippen LogP contribution is 2.11. The largest absolute Gasteiger partial charge is 0.463 e. The van der Waals surface area contributed by atoms with Gasteiger partial charge in [0.2, 0.25) is 11.2 Å². The van der Waals surface area contributed by atoms with Crippen molar-refractivity contribution in [2.24, 2.45) is 5.92 Å². The quantitative estimate of drug-likeness (QED) is 0.830. The van der Waals surface area contributed by atoms with E-state index in [9.17, 15) is 0 Å². The molecule has 7 heteroatoms. The Hall–Kier alpha value is -1.69. The number of hydrogen-bond acceptors (Lipinski definition) is 5. The summed E-state index contributed by atoms with van der Waals surface area (Å²) in [4.78, 5) is 15.9. The molecular weight excluding hydrogens is 242 g/mol. The molecule has 0 atom stereocenters. The molecule has 17 heavy (non-hydrogen) atoms. The Morgan fingerprint density at radius 2 is 2.18 bits per heavy atom. The van der Waals surface area contributed by atoms with Gasteiger partial charge < -0.3 is 4.74 Å². The molecule has 0 unspecified atom stereocenters. The summed E-state index contributed by atoms with van der Waals surface area (Å²) < 4.78 is 7.04. The van der Waals surface area contributed by atoms with Crippen molar-refractivity contribution in [1.29, 1.82) is 0 Å². The molecule has 0 saturated carbocycles. The van der Waals surface area contributed by atoms with Gasteiger partial charge in [-0.15, -0.1) is 0 Å². The highest BCUT2D eigenvalue weighted by molar-refractivity contribution is 6.28. The van der Waals surface area contributed by atoms with Gasteiger partial charge in [-0.25, -0.2) is 4.98 Å².